The topological polar surface area (TPSA) is 62.5 Å². The first-order chi connectivity index (χ1) is 10.8. The number of thioether (sulfide) groups is 1. The summed E-state index contributed by atoms with van der Waals surface area (Å²) in [5.41, 5.74) is 1.84. The van der Waals surface area contributed by atoms with Crippen LogP contribution in [0.3, 0.4) is 0 Å². The molecule has 0 saturated carbocycles. The summed E-state index contributed by atoms with van der Waals surface area (Å²) in [5, 5.41) is 10.6. The summed E-state index contributed by atoms with van der Waals surface area (Å²) in [4.78, 5) is 4.53. The molecule has 0 atom stereocenters. The molecule has 0 amide bonds. The Balaban J connectivity index is 0.00000264. The highest BCUT2D eigenvalue weighted by Crippen LogP contribution is 2.19. The van der Waals surface area contributed by atoms with Crippen LogP contribution < -0.4 is 10.6 Å². The van der Waals surface area contributed by atoms with Crippen molar-refractivity contribution in [2.45, 2.75) is 13.5 Å². The van der Waals surface area contributed by atoms with Crippen molar-refractivity contribution in [3.8, 4) is 11.3 Å². The molecule has 0 aliphatic rings. The Labute approximate surface area is 158 Å². The molecule has 0 aliphatic carbocycles. The van der Waals surface area contributed by atoms with Crippen LogP contribution in [0.4, 0.5) is 0 Å². The molecule has 5 nitrogen and oxygen atoms in total. The highest BCUT2D eigenvalue weighted by Gasteiger charge is 2.06. The van der Waals surface area contributed by atoms with E-state index in [4.69, 9.17) is 4.52 Å². The lowest BCUT2D eigenvalue weighted by Crippen LogP contribution is -2.38. The van der Waals surface area contributed by atoms with Crippen LogP contribution >= 0.6 is 35.7 Å². The summed E-state index contributed by atoms with van der Waals surface area (Å²) in [6.45, 7) is 4.26. The quantitative estimate of drug-likeness (QED) is 0.296. The Bertz CT molecular complexity index is 589. The molecule has 0 saturated heterocycles. The van der Waals surface area contributed by atoms with Crippen LogP contribution in [-0.2, 0) is 6.54 Å². The molecule has 2 N–H and O–H groups in total. The molecule has 7 heteroatoms. The van der Waals surface area contributed by atoms with Gasteiger partial charge in [0.25, 0.3) is 0 Å². The first-order valence-corrected chi connectivity index (χ1v) is 8.75. The lowest BCUT2D eigenvalue weighted by atomic mass is 10.2. The fourth-order valence-electron chi connectivity index (χ4n) is 1.90. The van der Waals surface area contributed by atoms with E-state index in [2.05, 4.69) is 34.0 Å². The van der Waals surface area contributed by atoms with Crippen molar-refractivity contribution >= 4 is 41.7 Å². The summed E-state index contributed by atoms with van der Waals surface area (Å²) in [6, 6.07) is 11.9. The SMILES string of the molecule is CCNC(=NCc1cc(-c2ccccc2)on1)NCCSC.I. The molecule has 23 heavy (non-hydrogen) atoms. The standard InChI is InChI=1S/C16H22N4OS.HI/c1-3-17-16(18-9-10-22-2)19-12-14-11-15(21-20-14)13-7-5-4-6-8-13;/h4-8,11H,3,9-10,12H2,1-2H3,(H2,17,18,19);1H. The van der Waals surface area contributed by atoms with Gasteiger partial charge in [-0.25, -0.2) is 4.99 Å². The molecule has 0 spiro atoms. The van der Waals surface area contributed by atoms with Gasteiger partial charge in [0.15, 0.2) is 11.7 Å². The number of hydrogen-bond donors (Lipinski definition) is 2. The maximum atomic E-state index is 5.38. The number of halogens is 1. The molecule has 2 rings (SSSR count). The molecular formula is C16H23IN4OS. The lowest BCUT2D eigenvalue weighted by molar-refractivity contribution is 0.424. The van der Waals surface area contributed by atoms with Gasteiger partial charge in [-0.15, -0.1) is 24.0 Å². The number of benzene rings is 1. The summed E-state index contributed by atoms with van der Waals surface area (Å²) in [5.74, 6) is 2.62. The van der Waals surface area contributed by atoms with Crippen LogP contribution in [0, 0.1) is 0 Å². The smallest absolute Gasteiger partial charge is 0.191 e. The second kappa shape index (κ2) is 11.3. The molecule has 0 unspecified atom stereocenters. The van der Waals surface area contributed by atoms with Gasteiger partial charge in [0.05, 0.1) is 6.54 Å². The van der Waals surface area contributed by atoms with Crippen LogP contribution in [-0.4, -0.2) is 36.2 Å². The van der Waals surface area contributed by atoms with E-state index in [1.54, 1.807) is 11.8 Å². The highest BCUT2D eigenvalue weighted by molar-refractivity contribution is 14.0. The third-order valence-electron chi connectivity index (χ3n) is 2.96. The predicted molar refractivity (Wildman–Crippen MR) is 109 cm³/mol. The Morgan fingerprint density at radius 2 is 2.04 bits per heavy atom. The summed E-state index contributed by atoms with van der Waals surface area (Å²) in [7, 11) is 0. The molecule has 0 aliphatic heterocycles. The Morgan fingerprint density at radius 1 is 1.26 bits per heavy atom. The largest absolute Gasteiger partial charge is 0.357 e. The van der Waals surface area contributed by atoms with E-state index in [1.807, 2.05) is 36.4 Å². The Kier molecular flexibility index (Phi) is 9.77. The van der Waals surface area contributed by atoms with Gasteiger partial charge in [0, 0.05) is 30.5 Å². The van der Waals surface area contributed by atoms with Crippen LogP contribution in [0.25, 0.3) is 11.3 Å². The van der Waals surface area contributed by atoms with E-state index in [0.29, 0.717) is 6.54 Å². The van der Waals surface area contributed by atoms with Crippen molar-refractivity contribution in [2.24, 2.45) is 4.99 Å². The number of nitrogens with one attached hydrogen (secondary N) is 2. The second-order valence-corrected chi connectivity index (χ2v) is 5.65. The molecular weight excluding hydrogens is 423 g/mol. The first kappa shape index (κ1) is 19.8. The number of aromatic nitrogens is 1. The van der Waals surface area contributed by atoms with Crippen LogP contribution in [0.1, 0.15) is 12.6 Å². The van der Waals surface area contributed by atoms with Gasteiger partial charge in [-0.05, 0) is 13.2 Å². The van der Waals surface area contributed by atoms with Crippen LogP contribution in [0.2, 0.25) is 0 Å². The van der Waals surface area contributed by atoms with Crippen molar-refractivity contribution < 1.29 is 4.52 Å². The fraction of sp³-hybridized carbons (Fsp3) is 0.375. The van der Waals surface area contributed by atoms with E-state index >= 15 is 0 Å². The van der Waals surface area contributed by atoms with Crippen LogP contribution in [0.15, 0.2) is 45.9 Å². The maximum Gasteiger partial charge on any atom is 0.191 e. The zero-order valence-electron chi connectivity index (χ0n) is 13.4. The number of aliphatic imine (C=N–C) groups is 1. The van der Waals surface area contributed by atoms with Gasteiger partial charge < -0.3 is 15.2 Å². The minimum atomic E-state index is 0. The zero-order valence-corrected chi connectivity index (χ0v) is 16.6. The number of nitrogens with zero attached hydrogens (tertiary/aromatic N) is 2. The highest BCUT2D eigenvalue weighted by atomic mass is 127. The third-order valence-corrected chi connectivity index (χ3v) is 3.57. The van der Waals surface area contributed by atoms with Crippen molar-refractivity contribution in [2.75, 3.05) is 25.1 Å². The average molecular weight is 446 g/mol. The molecule has 0 bridgehead atoms. The van der Waals surface area contributed by atoms with Crippen molar-refractivity contribution in [3.63, 3.8) is 0 Å². The minimum absolute atomic E-state index is 0. The normalized spacial score (nSPS) is 11.0. The van der Waals surface area contributed by atoms with Gasteiger partial charge in [0.1, 0.15) is 5.69 Å². The molecule has 1 aromatic heterocycles. The predicted octanol–water partition coefficient (Wildman–Crippen LogP) is 3.38. The first-order valence-electron chi connectivity index (χ1n) is 7.35. The average Bonchev–Trinajstić information content (AvgIpc) is 3.03. The number of hydrogen-bond acceptors (Lipinski definition) is 4. The van der Waals surface area contributed by atoms with E-state index < -0.39 is 0 Å². The van der Waals surface area contributed by atoms with Gasteiger partial charge in [0.2, 0.25) is 0 Å². The summed E-state index contributed by atoms with van der Waals surface area (Å²) < 4.78 is 5.38. The van der Waals surface area contributed by atoms with E-state index in [1.165, 1.54) is 0 Å². The van der Waals surface area contributed by atoms with Gasteiger partial charge >= 0.3 is 0 Å². The summed E-state index contributed by atoms with van der Waals surface area (Å²) in [6.07, 6.45) is 2.09. The maximum absolute atomic E-state index is 5.38. The number of guanidine groups is 1. The molecule has 1 aromatic carbocycles. The fourth-order valence-corrected chi connectivity index (χ4v) is 2.20. The Morgan fingerprint density at radius 3 is 2.74 bits per heavy atom. The number of rotatable bonds is 7. The van der Waals surface area contributed by atoms with Crippen molar-refractivity contribution in [1.29, 1.82) is 0 Å². The van der Waals surface area contributed by atoms with Crippen molar-refractivity contribution in [1.82, 2.24) is 15.8 Å². The van der Waals surface area contributed by atoms with Crippen LogP contribution in [0.5, 0.6) is 0 Å². The monoisotopic (exact) mass is 446 g/mol. The zero-order chi connectivity index (χ0) is 15.6. The van der Waals surface area contributed by atoms with Crippen molar-refractivity contribution in [3.05, 3.63) is 42.1 Å². The molecule has 0 fully saturated rings. The van der Waals surface area contributed by atoms with E-state index in [9.17, 15) is 0 Å². The van der Waals surface area contributed by atoms with E-state index in [-0.39, 0.29) is 24.0 Å². The second-order valence-electron chi connectivity index (χ2n) is 4.66. The molecule has 0 radical (unpaired) electrons. The lowest BCUT2D eigenvalue weighted by Gasteiger charge is -2.09. The Hall–Kier alpha value is -1.22. The van der Waals surface area contributed by atoms with Gasteiger partial charge in [-0.3, -0.25) is 0 Å². The van der Waals surface area contributed by atoms with Gasteiger partial charge in [-0.2, -0.15) is 11.8 Å². The van der Waals surface area contributed by atoms with E-state index in [0.717, 1.165) is 41.8 Å². The van der Waals surface area contributed by atoms with Gasteiger partial charge in [-0.1, -0.05) is 35.5 Å². The summed E-state index contributed by atoms with van der Waals surface area (Å²) >= 11 is 1.80. The minimum Gasteiger partial charge on any atom is -0.357 e. The molecule has 2 aromatic rings. The molecule has 1 heterocycles. The third kappa shape index (κ3) is 6.82. The molecule has 126 valence electrons.